The molecule has 14 heavy (non-hydrogen) atoms. The van der Waals surface area contributed by atoms with Crippen LogP contribution in [0.2, 0.25) is 0 Å². The molecular weight excluding hydrogens is 184 g/mol. The SMILES string of the molecule is CC[C@@H](C=O)N(C=O)CCCNC=O. The van der Waals surface area contributed by atoms with E-state index in [1.165, 1.54) is 4.90 Å². The van der Waals surface area contributed by atoms with Gasteiger partial charge in [-0.1, -0.05) is 6.92 Å². The summed E-state index contributed by atoms with van der Waals surface area (Å²) in [5, 5.41) is 2.49. The van der Waals surface area contributed by atoms with Crippen molar-refractivity contribution in [1.82, 2.24) is 10.2 Å². The van der Waals surface area contributed by atoms with Crippen molar-refractivity contribution in [2.24, 2.45) is 0 Å². The highest BCUT2D eigenvalue weighted by atomic mass is 16.1. The Labute approximate surface area is 83.5 Å². The molecular formula is C9H16N2O3. The van der Waals surface area contributed by atoms with Gasteiger partial charge in [0.15, 0.2) is 0 Å². The molecule has 0 aromatic carbocycles. The third-order valence-electron chi connectivity index (χ3n) is 1.96. The monoisotopic (exact) mass is 200 g/mol. The van der Waals surface area contributed by atoms with E-state index in [-0.39, 0.29) is 6.04 Å². The van der Waals surface area contributed by atoms with E-state index in [0.717, 1.165) is 6.29 Å². The van der Waals surface area contributed by atoms with E-state index >= 15 is 0 Å². The molecule has 0 spiro atoms. The van der Waals surface area contributed by atoms with Gasteiger partial charge < -0.3 is 15.0 Å². The van der Waals surface area contributed by atoms with Crippen LogP contribution in [0.3, 0.4) is 0 Å². The van der Waals surface area contributed by atoms with Crippen LogP contribution < -0.4 is 5.32 Å². The largest absolute Gasteiger partial charge is 0.359 e. The van der Waals surface area contributed by atoms with E-state index in [1.807, 2.05) is 6.92 Å². The molecule has 0 unspecified atom stereocenters. The summed E-state index contributed by atoms with van der Waals surface area (Å²) in [5.41, 5.74) is 0. The molecule has 1 atom stereocenters. The molecule has 0 aliphatic carbocycles. The quantitative estimate of drug-likeness (QED) is 0.405. The number of carbonyl (C=O) groups excluding carboxylic acids is 3. The van der Waals surface area contributed by atoms with Crippen molar-refractivity contribution in [2.75, 3.05) is 13.1 Å². The first kappa shape index (κ1) is 12.6. The summed E-state index contributed by atoms with van der Waals surface area (Å²) in [6.45, 7) is 2.85. The average molecular weight is 200 g/mol. The second-order valence-electron chi connectivity index (χ2n) is 2.88. The Bertz CT molecular complexity index is 185. The third-order valence-corrected chi connectivity index (χ3v) is 1.96. The Kier molecular flexibility index (Phi) is 7.40. The summed E-state index contributed by atoms with van der Waals surface area (Å²) < 4.78 is 0. The van der Waals surface area contributed by atoms with Crippen LogP contribution in [0.25, 0.3) is 0 Å². The van der Waals surface area contributed by atoms with Gasteiger partial charge in [0.25, 0.3) is 0 Å². The minimum atomic E-state index is -0.344. The Balaban J connectivity index is 3.82. The van der Waals surface area contributed by atoms with E-state index in [4.69, 9.17) is 0 Å². The lowest BCUT2D eigenvalue weighted by Gasteiger charge is -2.22. The smallest absolute Gasteiger partial charge is 0.210 e. The molecule has 0 saturated heterocycles. The van der Waals surface area contributed by atoms with E-state index in [9.17, 15) is 14.4 Å². The lowest BCUT2D eigenvalue weighted by Crippen LogP contribution is -2.36. The number of carbonyl (C=O) groups is 3. The van der Waals surface area contributed by atoms with Crippen LogP contribution in [0.5, 0.6) is 0 Å². The van der Waals surface area contributed by atoms with Crippen LogP contribution in [-0.4, -0.2) is 43.1 Å². The Morgan fingerprint density at radius 1 is 1.36 bits per heavy atom. The zero-order chi connectivity index (χ0) is 10.8. The van der Waals surface area contributed by atoms with Gasteiger partial charge in [-0.3, -0.25) is 9.59 Å². The number of hydrogen-bond acceptors (Lipinski definition) is 3. The molecule has 0 rings (SSSR count). The second kappa shape index (κ2) is 8.22. The predicted octanol–water partition coefficient (Wildman–Crippen LogP) is -0.442. The lowest BCUT2D eigenvalue weighted by atomic mass is 10.2. The summed E-state index contributed by atoms with van der Waals surface area (Å²) in [5.74, 6) is 0. The van der Waals surface area contributed by atoms with E-state index < -0.39 is 0 Å². The first-order valence-corrected chi connectivity index (χ1v) is 4.63. The van der Waals surface area contributed by atoms with Crippen molar-refractivity contribution < 1.29 is 14.4 Å². The van der Waals surface area contributed by atoms with Crippen molar-refractivity contribution in [3.05, 3.63) is 0 Å². The van der Waals surface area contributed by atoms with Crippen LogP contribution in [0.4, 0.5) is 0 Å². The lowest BCUT2D eigenvalue weighted by molar-refractivity contribution is -0.125. The summed E-state index contributed by atoms with van der Waals surface area (Å²) in [7, 11) is 0. The minimum absolute atomic E-state index is 0.344. The van der Waals surface area contributed by atoms with Crippen molar-refractivity contribution in [2.45, 2.75) is 25.8 Å². The predicted molar refractivity (Wildman–Crippen MR) is 51.6 cm³/mol. The highest BCUT2D eigenvalue weighted by molar-refractivity contribution is 5.63. The van der Waals surface area contributed by atoms with Gasteiger partial charge in [0.05, 0.1) is 6.04 Å². The molecule has 0 aromatic heterocycles. The minimum Gasteiger partial charge on any atom is -0.359 e. The van der Waals surface area contributed by atoms with Crippen LogP contribution in [0, 0.1) is 0 Å². The van der Waals surface area contributed by atoms with Crippen LogP contribution >= 0.6 is 0 Å². The summed E-state index contributed by atoms with van der Waals surface area (Å²) >= 11 is 0. The Hall–Kier alpha value is -1.39. The number of hydrogen-bond donors (Lipinski definition) is 1. The summed E-state index contributed by atoms with van der Waals surface area (Å²) in [6, 6.07) is -0.344. The summed E-state index contributed by atoms with van der Waals surface area (Å²) in [6.07, 6.45) is 3.32. The van der Waals surface area contributed by atoms with Gasteiger partial charge in [-0.05, 0) is 12.8 Å². The first-order valence-electron chi connectivity index (χ1n) is 4.63. The zero-order valence-corrected chi connectivity index (χ0v) is 8.31. The number of amides is 2. The van der Waals surface area contributed by atoms with Gasteiger partial charge >= 0.3 is 0 Å². The van der Waals surface area contributed by atoms with Gasteiger partial charge in [-0.15, -0.1) is 0 Å². The maximum atomic E-state index is 10.6. The van der Waals surface area contributed by atoms with E-state index in [2.05, 4.69) is 5.32 Å². The zero-order valence-electron chi connectivity index (χ0n) is 8.31. The molecule has 0 bridgehead atoms. The molecule has 0 aliphatic rings. The van der Waals surface area contributed by atoms with Crippen molar-refractivity contribution in [3.63, 3.8) is 0 Å². The Morgan fingerprint density at radius 3 is 2.50 bits per heavy atom. The molecule has 1 N–H and O–H groups in total. The molecule has 5 nitrogen and oxygen atoms in total. The second-order valence-corrected chi connectivity index (χ2v) is 2.88. The topological polar surface area (TPSA) is 66.5 Å². The Morgan fingerprint density at radius 2 is 2.07 bits per heavy atom. The summed E-state index contributed by atoms with van der Waals surface area (Å²) in [4.78, 5) is 32.5. The number of nitrogens with one attached hydrogen (secondary N) is 1. The van der Waals surface area contributed by atoms with E-state index in [1.54, 1.807) is 0 Å². The van der Waals surface area contributed by atoms with Crippen molar-refractivity contribution >= 4 is 19.1 Å². The molecule has 0 heterocycles. The standard InChI is InChI=1S/C9H16N2O3/c1-2-9(6-12)11(8-14)5-3-4-10-7-13/h6-9H,2-5H2,1H3,(H,10,13)/t9-/m0/s1. The highest BCUT2D eigenvalue weighted by Crippen LogP contribution is 1.99. The maximum absolute atomic E-state index is 10.6. The van der Waals surface area contributed by atoms with Crippen LogP contribution in [-0.2, 0) is 14.4 Å². The van der Waals surface area contributed by atoms with Gasteiger partial charge in [0.2, 0.25) is 12.8 Å². The van der Waals surface area contributed by atoms with E-state index in [0.29, 0.717) is 38.8 Å². The number of nitrogens with zero attached hydrogens (tertiary/aromatic N) is 1. The fourth-order valence-corrected chi connectivity index (χ4v) is 1.13. The molecule has 2 amide bonds. The normalized spacial score (nSPS) is 11.5. The fraction of sp³-hybridized carbons (Fsp3) is 0.667. The van der Waals surface area contributed by atoms with Crippen LogP contribution in [0.1, 0.15) is 19.8 Å². The van der Waals surface area contributed by atoms with Crippen molar-refractivity contribution in [3.8, 4) is 0 Å². The number of rotatable bonds is 9. The molecule has 0 aromatic rings. The van der Waals surface area contributed by atoms with Gasteiger partial charge in [-0.25, -0.2) is 0 Å². The average Bonchev–Trinajstić information content (AvgIpc) is 2.23. The fourth-order valence-electron chi connectivity index (χ4n) is 1.13. The molecule has 0 radical (unpaired) electrons. The van der Waals surface area contributed by atoms with Gasteiger partial charge in [0.1, 0.15) is 6.29 Å². The molecule has 0 fully saturated rings. The van der Waals surface area contributed by atoms with Gasteiger partial charge in [0, 0.05) is 13.1 Å². The third kappa shape index (κ3) is 4.59. The maximum Gasteiger partial charge on any atom is 0.210 e. The number of aldehydes is 1. The molecule has 5 heteroatoms. The highest BCUT2D eigenvalue weighted by Gasteiger charge is 2.12. The molecule has 0 saturated carbocycles. The van der Waals surface area contributed by atoms with Gasteiger partial charge in [-0.2, -0.15) is 0 Å². The van der Waals surface area contributed by atoms with Crippen LogP contribution in [0.15, 0.2) is 0 Å². The first-order chi connectivity index (χ1) is 6.79. The molecule has 0 aliphatic heterocycles. The molecule has 80 valence electrons. The van der Waals surface area contributed by atoms with Crippen molar-refractivity contribution in [1.29, 1.82) is 0 Å².